The Kier molecular flexibility index (Phi) is 15.6. The van der Waals surface area contributed by atoms with Crippen molar-refractivity contribution < 1.29 is 38.5 Å². The summed E-state index contributed by atoms with van der Waals surface area (Å²) in [5, 5.41) is 37.0. The Bertz CT molecular complexity index is 3050. The molecule has 0 radical (unpaired) electrons. The van der Waals surface area contributed by atoms with Gasteiger partial charge in [0.2, 0.25) is 17.7 Å². The third kappa shape index (κ3) is 11.4. The van der Waals surface area contributed by atoms with Crippen molar-refractivity contribution in [3.63, 3.8) is 0 Å². The van der Waals surface area contributed by atoms with E-state index in [9.17, 15) is 19.8 Å². The molecule has 78 heavy (non-hydrogen) atoms. The van der Waals surface area contributed by atoms with Crippen LogP contribution in [-0.4, -0.2) is 145 Å². The zero-order valence-electron chi connectivity index (χ0n) is 45.0. The van der Waals surface area contributed by atoms with E-state index in [0.717, 1.165) is 91.2 Å². The number of aryl methyl sites for hydroxylation is 1. The van der Waals surface area contributed by atoms with Crippen LogP contribution in [0.1, 0.15) is 102 Å². The van der Waals surface area contributed by atoms with Gasteiger partial charge in [-0.15, -0.1) is 21.5 Å². The maximum Gasteiger partial charge on any atom is 0.254 e. The number of amides is 2. The van der Waals surface area contributed by atoms with Crippen molar-refractivity contribution in [3.8, 4) is 39.2 Å². The highest BCUT2D eigenvalue weighted by Gasteiger charge is 2.45. The lowest BCUT2D eigenvalue weighted by molar-refractivity contribution is -0.141. The minimum atomic E-state index is -0.832. The van der Waals surface area contributed by atoms with E-state index in [1.165, 1.54) is 4.90 Å². The van der Waals surface area contributed by atoms with Gasteiger partial charge in [-0.1, -0.05) is 50.2 Å². The summed E-state index contributed by atoms with van der Waals surface area (Å²) in [6.07, 6.45) is 7.14. The number of likely N-dealkylation sites (tertiary alicyclic amines) is 2. The van der Waals surface area contributed by atoms with E-state index in [1.807, 2.05) is 81.9 Å². The Morgan fingerprint density at radius 1 is 0.897 bits per heavy atom. The number of phenolic OH excluding ortho intramolecular Hbond substituents is 1. The number of thiazole rings is 1. The number of carbonyl (C=O) groups is 2. The topological polar surface area (TPSA) is 231 Å². The minimum Gasteiger partial charge on any atom is -0.507 e. The quantitative estimate of drug-likeness (QED) is 0.0651. The van der Waals surface area contributed by atoms with Crippen molar-refractivity contribution in [3.05, 3.63) is 102 Å². The summed E-state index contributed by atoms with van der Waals surface area (Å²) in [6, 6.07) is 22.7. The highest BCUT2D eigenvalue weighted by molar-refractivity contribution is 7.13. The first-order valence-corrected chi connectivity index (χ1v) is 28.5. The molecule has 5 N–H and O–H groups in total. The van der Waals surface area contributed by atoms with E-state index in [0.29, 0.717) is 53.8 Å². The lowest BCUT2D eigenvalue weighted by atomic mass is 9.91. The maximum absolute atomic E-state index is 14.3. The third-order valence-corrected chi connectivity index (χ3v) is 17.5. The molecule has 8 heterocycles. The molecule has 2 bridgehead atoms. The van der Waals surface area contributed by atoms with Gasteiger partial charge in [0.15, 0.2) is 11.6 Å². The molecule has 4 aromatic heterocycles. The second-order valence-corrected chi connectivity index (χ2v) is 23.1. The molecule has 0 spiro atoms. The first-order chi connectivity index (χ1) is 37.7. The normalized spacial score (nSPS) is 25.0. The lowest BCUT2D eigenvalue weighted by Crippen LogP contribution is -2.54. The smallest absolute Gasteiger partial charge is 0.254 e. The van der Waals surface area contributed by atoms with Gasteiger partial charge in [-0.25, -0.2) is 9.97 Å². The third-order valence-electron chi connectivity index (χ3n) is 16.5. The van der Waals surface area contributed by atoms with Crippen LogP contribution in [0, 0.1) is 12.8 Å². The monoisotopic (exact) mass is 1080 g/mol. The first kappa shape index (κ1) is 53.1. The number of aliphatic hydroxyl groups excluding tert-OH is 1. The molecule has 4 aliphatic heterocycles. The predicted molar refractivity (Wildman–Crippen MR) is 296 cm³/mol. The van der Waals surface area contributed by atoms with Crippen LogP contribution in [0.2, 0.25) is 0 Å². The average Bonchev–Trinajstić information content (AvgIpc) is 4.31. The molecule has 1 saturated carbocycles. The Balaban J connectivity index is 0.610. The van der Waals surface area contributed by atoms with Gasteiger partial charge in [-0.2, -0.15) is 0 Å². The molecule has 2 amide bonds. The van der Waals surface area contributed by atoms with Gasteiger partial charge >= 0.3 is 0 Å². The number of aromatic hydroxyl groups is 1. The number of para-hydroxylation sites is 1. The summed E-state index contributed by atoms with van der Waals surface area (Å²) in [4.78, 5) is 46.8. The number of aromatic nitrogens is 5. The van der Waals surface area contributed by atoms with Crippen LogP contribution < -0.4 is 30.3 Å². The van der Waals surface area contributed by atoms with Crippen molar-refractivity contribution in [2.45, 2.75) is 140 Å². The number of piperidine rings is 1. The molecule has 19 nitrogen and oxygen atoms in total. The van der Waals surface area contributed by atoms with Gasteiger partial charge in [0.25, 0.3) is 5.88 Å². The zero-order valence-corrected chi connectivity index (χ0v) is 45.8. The summed E-state index contributed by atoms with van der Waals surface area (Å²) in [7, 11) is 0. The number of ether oxygens (including phenoxy) is 3. The molecule has 1 aliphatic carbocycles. The second-order valence-electron chi connectivity index (χ2n) is 22.2. The summed E-state index contributed by atoms with van der Waals surface area (Å²) in [5.41, 5.74) is 14.4. The Labute approximate surface area is 459 Å². The van der Waals surface area contributed by atoms with Gasteiger partial charge in [-0.3, -0.25) is 14.5 Å². The van der Waals surface area contributed by atoms with Crippen LogP contribution in [-0.2, 0) is 14.3 Å². The number of phenols is 1. The second kappa shape index (κ2) is 22.8. The van der Waals surface area contributed by atoms with Gasteiger partial charge < -0.3 is 54.7 Å². The molecule has 2 aromatic carbocycles. The van der Waals surface area contributed by atoms with Crippen molar-refractivity contribution >= 4 is 40.3 Å². The van der Waals surface area contributed by atoms with Crippen molar-refractivity contribution in [1.82, 2.24) is 40.4 Å². The minimum absolute atomic E-state index is 0.0488. The molecule has 4 saturated heterocycles. The number of piperazine rings is 1. The Hall–Kier alpha value is -6.87. The largest absolute Gasteiger partial charge is 0.507 e. The van der Waals surface area contributed by atoms with Crippen LogP contribution in [0.4, 0.5) is 17.2 Å². The molecule has 20 heteroatoms. The van der Waals surface area contributed by atoms with E-state index in [2.05, 4.69) is 64.4 Å². The van der Waals surface area contributed by atoms with Gasteiger partial charge in [-0.05, 0) is 92.9 Å². The molecule has 6 aromatic rings. The maximum atomic E-state index is 14.3. The lowest BCUT2D eigenvalue weighted by Gasteiger charge is -2.43. The average molecular weight is 1080 g/mol. The Morgan fingerprint density at radius 2 is 1.68 bits per heavy atom. The zero-order chi connectivity index (χ0) is 54.2. The van der Waals surface area contributed by atoms with E-state index >= 15 is 0 Å². The van der Waals surface area contributed by atoms with Crippen LogP contribution >= 0.6 is 11.3 Å². The van der Waals surface area contributed by atoms with E-state index in [-0.39, 0.29) is 72.9 Å². The first-order valence-electron chi connectivity index (χ1n) is 27.6. The highest BCUT2D eigenvalue weighted by Crippen LogP contribution is 2.41. The number of benzene rings is 2. The SMILES string of the molecule is Cc1ncsc1-c1ccc([C@H](C)NC(=O)[C@@H]2C[C@@H](O)CN2C(=O)[C@@H](c2cc(OCCN3CC[C@H](O[C@H]4C[C@H](Oc5cc(N6C7CCC6CN(c6cc(-c8ccccc8O)nnc6N)C7)ccn5)C4)C[C@@H]3C)no2)C(C)C)cc1. The fourth-order valence-electron chi connectivity index (χ4n) is 12.3. The number of fused-ring (bicyclic) bond motifs is 2. The number of β-amino-alcohol motifs (C(OH)–C–C–N with tert-alkyl or cyclic N) is 1. The van der Waals surface area contributed by atoms with Gasteiger partial charge in [0.1, 0.15) is 30.4 Å². The van der Waals surface area contributed by atoms with Crippen LogP contribution in [0.15, 0.2) is 89.0 Å². The highest BCUT2D eigenvalue weighted by atomic mass is 32.1. The molecule has 2 unspecified atom stereocenters. The van der Waals surface area contributed by atoms with Gasteiger partial charge in [0.05, 0.1) is 51.8 Å². The van der Waals surface area contributed by atoms with E-state index < -0.39 is 18.1 Å². The van der Waals surface area contributed by atoms with Crippen molar-refractivity contribution in [2.24, 2.45) is 5.92 Å². The molecule has 412 valence electrons. The van der Waals surface area contributed by atoms with Crippen LogP contribution in [0.3, 0.4) is 0 Å². The Morgan fingerprint density at radius 3 is 2.41 bits per heavy atom. The summed E-state index contributed by atoms with van der Waals surface area (Å²) in [6.45, 7) is 13.6. The number of aliphatic hydroxyl groups is 1. The molecular weight excluding hydrogens is 1010 g/mol. The number of nitrogens with zero attached hydrogens (tertiary/aromatic N) is 9. The number of nitrogen functional groups attached to an aromatic ring is 1. The number of carbonyl (C=O) groups excluding carboxylic acids is 2. The fraction of sp³-hybridized carbons (Fsp3) is 0.500. The fourth-order valence-corrected chi connectivity index (χ4v) is 13.1. The summed E-state index contributed by atoms with van der Waals surface area (Å²) < 4.78 is 24.9. The number of nitrogens with one attached hydrogen (secondary N) is 1. The van der Waals surface area contributed by atoms with Crippen molar-refractivity contribution in [1.29, 1.82) is 0 Å². The van der Waals surface area contributed by atoms with Gasteiger partial charge in [0, 0.05) is 99.7 Å². The number of hydrogen-bond acceptors (Lipinski definition) is 18. The van der Waals surface area contributed by atoms with Crippen LogP contribution in [0.25, 0.3) is 21.7 Å². The molecule has 5 fully saturated rings. The molecule has 5 aliphatic rings. The molecule has 8 atom stereocenters. The molecule has 11 rings (SSSR count). The van der Waals surface area contributed by atoms with E-state index in [4.69, 9.17) is 24.5 Å². The van der Waals surface area contributed by atoms with Crippen LogP contribution in [0.5, 0.6) is 17.5 Å². The number of rotatable bonds is 18. The standard InChI is InChI=1S/C58H71N11O8S/c1-33(2)54(58(73)68-31-42(70)24-49(68)57(72)62-35(4)37-10-12-38(13-11-37)55-36(5)61-32-78-55)51-28-53(65-77-51)74-21-20-66-19-17-43(22-34(66)3)75-44-25-45(26-44)76-52-23-39(16-18-60-52)69-40-14-15-41(69)30-67(29-40)48-27-47(63-64-56(48)59)46-8-6-7-9-50(46)71/h6-13,16,18,23,27-28,32-35,40-45,49,54,70-71H,14-15,17,19-22,24-26,29-31H2,1-5H3,(H2,59,64)(H,62,72)/t34-,35-,40?,41?,42+,43-,44-,45-,49-,54+/m0/s1. The molecular formula is C58H71N11O8S. The summed E-state index contributed by atoms with van der Waals surface area (Å²) >= 11 is 1.59. The number of anilines is 3. The van der Waals surface area contributed by atoms with E-state index in [1.54, 1.807) is 29.5 Å². The number of hydrogen-bond donors (Lipinski definition) is 4. The summed E-state index contributed by atoms with van der Waals surface area (Å²) in [5.74, 6) is 0.322. The number of nitrogens with two attached hydrogens (primary N) is 1. The number of pyridine rings is 1. The van der Waals surface area contributed by atoms with Crippen molar-refractivity contribution in [2.75, 3.05) is 54.9 Å². The predicted octanol–water partition coefficient (Wildman–Crippen LogP) is 7.54.